The number of para-hydroxylation sites is 1. The van der Waals surface area contributed by atoms with Crippen molar-refractivity contribution in [3.63, 3.8) is 0 Å². The van der Waals surface area contributed by atoms with Crippen LogP contribution in [0.4, 0.5) is 11.4 Å². The van der Waals surface area contributed by atoms with Crippen LogP contribution in [-0.2, 0) is 0 Å². The van der Waals surface area contributed by atoms with Crippen molar-refractivity contribution in [3.05, 3.63) is 58.6 Å². The van der Waals surface area contributed by atoms with E-state index >= 15 is 0 Å². The van der Waals surface area contributed by atoms with Crippen molar-refractivity contribution in [2.75, 3.05) is 5.32 Å². The Labute approximate surface area is 103 Å². The molecule has 0 saturated carbocycles. The van der Waals surface area contributed by atoms with Crippen LogP contribution in [0.5, 0.6) is 0 Å². The summed E-state index contributed by atoms with van der Waals surface area (Å²) >= 11 is 3.38. The molecule has 0 bridgehead atoms. The van der Waals surface area contributed by atoms with Gasteiger partial charge in [-0.3, -0.25) is 0 Å². The molecule has 0 aromatic heterocycles. The lowest BCUT2D eigenvalue weighted by molar-refractivity contribution is 1.46. The van der Waals surface area contributed by atoms with Crippen molar-refractivity contribution in [2.45, 2.75) is 0 Å². The molecule has 3 heteroatoms. The Morgan fingerprint density at radius 3 is 2.44 bits per heavy atom. The molecule has 0 atom stereocenters. The van der Waals surface area contributed by atoms with Gasteiger partial charge in [-0.25, -0.2) is 0 Å². The zero-order chi connectivity index (χ0) is 11.4. The van der Waals surface area contributed by atoms with Crippen LogP contribution in [0.2, 0.25) is 0 Å². The molecule has 0 aliphatic rings. The highest BCUT2D eigenvalue weighted by Gasteiger charge is 1.99. The SMILES string of the molecule is N#Cc1cc(Br)cc(Nc2ccccc2)c1. The zero-order valence-electron chi connectivity index (χ0n) is 8.44. The topological polar surface area (TPSA) is 35.8 Å². The highest BCUT2D eigenvalue weighted by molar-refractivity contribution is 9.10. The molecule has 2 aromatic rings. The number of halogens is 1. The van der Waals surface area contributed by atoms with E-state index in [4.69, 9.17) is 5.26 Å². The predicted octanol–water partition coefficient (Wildman–Crippen LogP) is 4.06. The number of nitrogens with one attached hydrogen (secondary N) is 1. The van der Waals surface area contributed by atoms with Crippen LogP contribution in [0.3, 0.4) is 0 Å². The van der Waals surface area contributed by atoms with E-state index in [1.165, 1.54) is 0 Å². The molecule has 0 aliphatic heterocycles. The summed E-state index contributed by atoms with van der Waals surface area (Å²) in [4.78, 5) is 0. The van der Waals surface area contributed by atoms with E-state index in [2.05, 4.69) is 27.3 Å². The molecule has 0 unspecified atom stereocenters. The molecular formula is C13H9BrN2. The lowest BCUT2D eigenvalue weighted by Crippen LogP contribution is -1.90. The van der Waals surface area contributed by atoms with Crippen LogP contribution in [-0.4, -0.2) is 0 Å². The molecule has 0 aliphatic carbocycles. The van der Waals surface area contributed by atoms with Gasteiger partial charge in [-0.15, -0.1) is 0 Å². The number of hydrogen-bond acceptors (Lipinski definition) is 2. The van der Waals surface area contributed by atoms with E-state index in [-0.39, 0.29) is 0 Å². The number of nitriles is 1. The van der Waals surface area contributed by atoms with Gasteiger partial charge < -0.3 is 5.32 Å². The van der Waals surface area contributed by atoms with Crippen LogP contribution in [0, 0.1) is 11.3 Å². The number of rotatable bonds is 2. The van der Waals surface area contributed by atoms with Gasteiger partial charge in [0.2, 0.25) is 0 Å². The summed E-state index contributed by atoms with van der Waals surface area (Å²) in [5.74, 6) is 0. The second-order valence-electron chi connectivity index (χ2n) is 3.33. The van der Waals surface area contributed by atoms with Crippen LogP contribution < -0.4 is 5.32 Å². The van der Waals surface area contributed by atoms with Gasteiger partial charge in [0.1, 0.15) is 0 Å². The third kappa shape index (κ3) is 2.62. The molecule has 2 aromatic carbocycles. The van der Waals surface area contributed by atoms with Gasteiger partial charge in [-0.2, -0.15) is 5.26 Å². The summed E-state index contributed by atoms with van der Waals surface area (Å²) in [6.45, 7) is 0. The molecule has 0 heterocycles. The molecular weight excluding hydrogens is 264 g/mol. The van der Waals surface area contributed by atoms with E-state index in [9.17, 15) is 0 Å². The summed E-state index contributed by atoms with van der Waals surface area (Å²) in [6, 6.07) is 17.5. The largest absolute Gasteiger partial charge is 0.355 e. The third-order valence-corrected chi connectivity index (χ3v) is 2.55. The minimum absolute atomic E-state index is 0.632. The smallest absolute Gasteiger partial charge is 0.0992 e. The molecule has 0 radical (unpaired) electrons. The van der Waals surface area contributed by atoms with E-state index in [1.807, 2.05) is 42.5 Å². The van der Waals surface area contributed by atoms with Gasteiger partial charge >= 0.3 is 0 Å². The fraction of sp³-hybridized carbons (Fsp3) is 0. The molecule has 2 nitrogen and oxygen atoms in total. The maximum atomic E-state index is 8.85. The maximum absolute atomic E-state index is 8.85. The molecule has 1 N–H and O–H groups in total. The Morgan fingerprint density at radius 1 is 1.00 bits per heavy atom. The van der Waals surface area contributed by atoms with Gasteiger partial charge in [0.05, 0.1) is 11.6 Å². The third-order valence-electron chi connectivity index (χ3n) is 2.09. The van der Waals surface area contributed by atoms with Crippen molar-refractivity contribution in [3.8, 4) is 6.07 Å². The highest BCUT2D eigenvalue weighted by atomic mass is 79.9. The molecule has 16 heavy (non-hydrogen) atoms. The number of benzene rings is 2. The molecule has 0 spiro atoms. The Morgan fingerprint density at radius 2 is 1.75 bits per heavy atom. The first kappa shape index (κ1) is 10.7. The van der Waals surface area contributed by atoms with Crippen LogP contribution >= 0.6 is 15.9 Å². The second-order valence-corrected chi connectivity index (χ2v) is 4.25. The first-order valence-corrected chi connectivity index (χ1v) is 5.60. The number of hydrogen-bond donors (Lipinski definition) is 1. The minimum Gasteiger partial charge on any atom is -0.355 e. The average molecular weight is 273 g/mol. The molecule has 2 rings (SSSR count). The summed E-state index contributed by atoms with van der Waals surface area (Å²) in [6.07, 6.45) is 0. The fourth-order valence-electron chi connectivity index (χ4n) is 1.41. The van der Waals surface area contributed by atoms with Crippen LogP contribution in [0.25, 0.3) is 0 Å². The van der Waals surface area contributed by atoms with Gasteiger partial charge in [0.15, 0.2) is 0 Å². The van der Waals surface area contributed by atoms with Crippen molar-refractivity contribution in [2.24, 2.45) is 0 Å². The number of nitrogens with zero attached hydrogens (tertiary/aromatic N) is 1. The summed E-state index contributed by atoms with van der Waals surface area (Å²) in [7, 11) is 0. The standard InChI is InChI=1S/C13H9BrN2/c14-11-6-10(9-15)7-13(8-11)16-12-4-2-1-3-5-12/h1-8,16H. The van der Waals surface area contributed by atoms with Gasteiger partial charge in [0, 0.05) is 15.8 Å². The quantitative estimate of drug-likeness (QED) is 0.895. The predicted molar refractivity (Wildman–Crippen MR) is 68.6 cm³/mol. The number of anilines is 2. The summed E-state index contributed by atoms with van der Waals surface area (Å²) < 4.78 is 0.894. The maximum Gasteiger partial charge on any atom is 0.0992 e. The Hall–Kier alpha value is -1.79. The van der Waals surface area contributed by atoms with E-state index in [1.54, 1.807) is 6.07 Å². The summed E-state index contributed by atoms with van der Waals surface area (Å²) in [5, 5.41) is 12.1. The van der Waals surface area contributed by atoms with Crippen LogP contribution in [0.15, 0.2) is 53.0 Å². The van der Waals surface area contributed by atoms with Crippen LogP contribution in [0.1, 0.15) is 5.56 Å². The van der Waals surface area contributed by atoms with Crippen molar-refractivity contribution < 1.29 is 0 Å². The molecule has 0 fully saturated rings. The van der Waals surface area contributed by atoms with Gasteiger partial charge in [-0.05, 0) is 30.3 Å². The zero-order valence-corrected chi connectivity index (χ0v) is 10.0. The second kappa shape index (κ2) is 4.82. The van der Waals surface area contributed by atoms with E-state index < -0.39 is 0 Å². The van der Waals surface area contributed by atoms with E-state index in [0.717, 1.165) is 15.8 Å². The monoisotopic (exact) mass is 272 g/mol. The minimum atomic E-state index is 0.632. The fourth-order valence-corrected chi connectivity index (χ4v) is 1.91. The molecule has 0 saturated heterocycles. The Kier molecular flexibility index (Phi) is 3.23. The Bertz CT molecular complexity index is 529. The molecule has 78 valence electrons. The lowest BCUT2D eigenvalue weighted by Gasteiger charge is -2.06. The first-order chi connectivity index (χ1) is 7.78. The Balaban J connectivity index is 2.29. The lowest BCUT2D eigenvalue weighted by atomic mass is 10.2. The van der Waals surface area contributed by atoms with Crippen molar-refractivity contribution >= 4 is 27.3 Å². The van der Waals surface area contributed by atoms with Gasteiger partial charge in [0.25, 0.3) is 0 Å². The van der Waals surface area contributed by atoms with Crippen molar-refractivity contribution in [1.82, 2.24) is 0 Å². The molecule has 0 amide bonds. The van der Waals surface area contributed by atoms with Crippen molar-refractivity contribution in [1.29, 1.82) is 5.26 Å². The van der Waals surface area contributed by atoms with E-state index in [0.29, 0.717) is 5.56 Å². The highest BCUT2D eigenvalue weighted by Crippen LogP contribution is 2.22. The average Bonchev–Trinajstić information content (AvgIpc) is 2.29. The first-order valence-electron chi connectivity index (χ1n) is 4.81. The van der Waals surface area contributed by atoms with Gasteiger partial charge in [-0.1, -0.05) is 34.1 Å². The summed E-state index contributed by atoms with van der Waals surface area (Å²) in [5.41, 5.74) is 2.54. The normalized spacial score (nSPS) is 9.50.